The second kappa shape index (κ2) is 11.7. The highest BCUT2D eigenvalue weighted by Gasteiger charge is 2.33. The lowest BCUT2D eigenvalue weighted by Crippen LogP contribution is -2.21. The Morgan fingerprint density at radius 2 is 1.82 bits per heavy atom. The van der Waals surface area contributed by atoms with Crippen molar-refractivity contribution in [1.29, 1.82) is 0 Å². The minimum Gasteiger partial charge on any atom is -0.489 e. The van der Waals surface area contributed by atoms with E-state index in [-0.39, 0.29) is 25.7 Å². The van der Waals surface area contributed by atoms with Gasteiger partial charge in [0.05, 0.1) is 13.0 Å². The lowest BCUT2D eigenvalue weighted by atomic mass is 9.97. The van der Waals surface area contributed by atoms with Crippen LogP contribution in [0.4, 0.5) is 13.2 Å². The summed E-state index contributed by atoms with van der Waals surface area (Å²) in [6.07, 6.45) is -4.89. The molecule has 200 valence electrons. The van der Waals surface area contributed by atoms with Crippen molar-refractivity contribution in [2.75, 3.05) is 13.7 Å². The Labute approximate surface area is 218 Å². The molecule has 4 rings (SSSR count). The molecule has 1 unspecified atom stereocenters. The van der Waals surface area contributed by atoms with Gasteiger partial charge in [0.2, 0.25) is 0 Å². The molecule has 6 nitrogen and oxygen atoms in total. The van der Waals surface area contributed by atoms with Crippen LogP contribution in [0.25, 0.3) is 22.0 Å². The molecule has 3 aromatic carbocycles. The predicted octanol–water partition coefficient (Wildman–Crippen LogP) is 6.01. The number of fused-ring (bicyclic) bond motifs is 1. The summed E-state index contributed by atoms with van der Waals surface area (Å²) >= 11 is 0. The van der Waals surface area contributed by atoms with E-state index >= 15 is 0 Å². The normalized spacial score (nSPS) is 12.5. The van der Waals surface area contributed by atoms with Crippen molar-refractivity contribution in [3.05, 3.63) is 89.1 Å². The van der Waals surface area contributed by atoms with E-state index in [4.69, 9.17) is 19.9 Å². The van der Waals surface area contributed by atoms with Gasteiger partial charge in [-0.25, -0.2) is 0 Å². The monoisotopic (exact) mass is 526 g/mol. The lowest BCUT2D eigenvalue weighted by Gasteiger charge is -2.15. The third-order valence-electron chi connectivity index (χ3n) is 6.01. The molecule has 0 radical (unpaired) electrons. The van der Waals surface area contributed by atoms with Gasteiger partial charge in [0.25, 0.3) is 0 Å². The van der Waals surface area contributed by atoms with E-state index in [1.807, 2.05) is 30.3 Å². The summed E-state index contributed by atoms with van der Waals surface area (Å²) in [4.78, 5) is 14.9. The highest BCUT2D eigenvalue weighted by atomic mass is 19.4. The smallest absolute Gasteiger partial charge is 0.431 e. The van der Waals surface area contributed by atoms with Crippen LogP contribution in [0, 0.1) is 0 Å². The molecule has 1 aromatic heterocycles. The van der Waals surface area contributed by atoms with Crippen LogP contribution in [-0.2, 0) is 40.0 Å². The van der Waals surface area contributed by atoms with Crippen molar-refractivity contribution < 1.29 is 32.2 Å². The van der Waals surface area contributed by atoms with Crippen molar-refractivity contribution in [2.24, 2.45) is 5.73 Å². The Balaban J connectivity index is 1.63. The van der Waals surface area contributed by atoms with Gasteiger partial charge >= 0.3 is 12.1 Å². The highest BCUT2D eigenvalue weighted by molar-refractivity contribution is 5.96. The van der Waals surface area contributed by atoms with E-state index in [0.717, 1.165) is 17.2 Å². The number of hydrogen-bond acceptors (Lipinski definition) is 5. The van der Waals surface area contributed by atoms with Crippen molar-refractivity contribution >= 4 is 16.9 Å². The van der Waals surface area contributed by atoms with Crippen molar-refractivity contribution in [2.45, 2.75) is 38.8 Å². The maximum Gasteiger partial charge on any atom is 0.431 e. The van der Waals surface area contributed by atoms with Crippen molar-refractivity contribution in [1.82, 2.24) is 4.98 Å². The number of aromatic amines is 1. The number of rotatable bonds is 10. The van der Waals surface area contributed by atoms with E-state index in [2.05, 4.69) is 4.98 Å². The first-order valence-corrected chi connectivity index (χ1v) is 12.1. The van der Waals surface area contributed by atoms with Crippen LogP contribution in [0.1, 0.15) is 29.3 Å². The molecule has 0 saturated carbocycles. The van der Waals surface area contributed by atoms with Crippen LogP contribution >= 0.6 is 0 Å². The number of carbonyl (C=O) groups is 1. The summed E-state index contributed by atoms with van der Waals surface area (Å²) in [6.45, 7) is 2.42. The Morgan fingerprint density at radius 3 is 2.55 bits per heavy atom. The van der Waals surface area contributed by atoms with E-state index in [9.17, 15) is 18.0 Å². The van der Waals surface area contributed by atoms with Gasteiger partial charge < -0.3 is 24.9 Å². The van der Waals surface area contributed by atoms with Gasteiger partial charge in [0.15, 0.2) is 0 Å². The van der Waals surface area contributed by atoms with Crippen LogP contribution in [0.5, 0.6) is 5.75 Å². The second-order valence-electron chi connectivity index (χ2n) is 9.02. The van der Waals surface area contributed by atoms with Crippen LogP contribution in [0.2, 0.25) is 0 Å². The molecule has 3 N–H and O–H groups in total. The van der Waals surface area contributed by atoms with Gasteiger partial charge in [-0.1, -0.05) is 36.4 Å². The second-order valence-corrected chi connectivity index (χ2v) is 9.02. The molecule has 0 aliphatic heterocycles. The van der Waals surface area contributed by atoms with E-state index in [1.165, 1.54) is 7.11 Å². The number of para-hydroxylation sites is 1. The fraction of sp³-hybridized carbons (Fsp3) is 0.276. The van der Waals surface area contributed by atoms with Gasteiger partial charge in [-0.05, 0) is 59.5 Å². The third kappa shape index (κ3) is 6.54. The quantitative estimate of drug-likeness (QED) is 0.247. The molecule has 0 saturated heterocycles. The number of nitrogens with two attached hydrogens (primary N) is 1. The number of aromatic nitrogens is 1. The fourth-order valence-corrected chi connectivity index (χ4v) is 4.28. The molecule has 0 aliphatic rings. The SMILES string of the molecule is COCC(C)OC(=O)Cc1ccccc1OCc1cc(-c2cccc(CN)c2)c2cc(C(F)(F)F)[nH]c2c1. The van der Waals surface area contributed by atoms with Crippen molar-refractivity contribution in [3.63, 3.8) is 0 Å². The van der Waals surface area contributed by atoms with Gasteiger partial charge in [0.1, 0.15) is 24.2 Å². The largest absolute Gasteiger partial charge is 0.489 e. The number of carbonyl (C=O) groups excluding carboxylic acids is 1. The molecule has 1 atom stereocenters. The van der Waals surface area contributed by atoms with Crippen LogP contribution < -0.4 is 10.5 Å². The molecule has 0 bridgehead atoms. The fourth-order valence-electron chi connectivity index (χ4n) is 4.28. The number of H-pyrrole nitrogens is 1. The number of ether oxygens (including phenoxy) is 3. The lowest BCUT2D eigenvalue weighted by molar-refractivity contribution is -0.149. The summed E-state index contributed by atoms with van der Waals surface area (Å²) in [5, 5.41) is 0.448. The Morgan fingerprint density at radius 1 is 1.03 bits per heavy atom. The molecule has 0 fully saturated rings. The molecule has 0 aliphatic carbocycles. The minimum atomic E-state index is -4.51. The van der Waals surface area contributed by atoms with Crippen molar-refractivity contribution in [3.8, 4) is 16.9 Å². The van der Waals surface area contributed by atoms with Gasteiger partial charge in [0, 0.05) is 30.1 Å². The molecular weight excluding hydrogens is 497 g/mol. The zero-order chi connectivity index (χ0) is 27.3. The zero-order valence-corrected chi connectivity index (χ0v) is 21.1. The summed E-state index contributed by atoms with van der Waals surface area (Å²) in [6, 6.07) is 19.1. The van der Waals surface area contributed by atoms with E-state index < -0.39 is 17.8 Å². The summed E-state index contributed by atoms with van der Waals surface area (Å²) in [5.41, 5.74) is 8.85. The minimum absolute atomic E-state index is 0.00592. The molecular formula is C29H29F3N2O4. The number of hydrogen-bond donors (Lipinski definition) is 2. The Bertz CT molecular complexity index is 1410. The highest BCUT2D eigenvalue weighted by Crippen LogP contribution is 2.37. The molecule has 9 heteroatoms. The van der Waals surface area contributed by atoms with E-state index in [1.54, 1.807) is 37.3 Å². The number of esters is 1. The maximum absolute atomic E-state index is 13.5. The standard InChI is InChI=1S/C29H29F3N2O4/c1-18(16-36-2)38-28(35)13-22-7-3-4-9-26(22)37-17-20-11-23(21-8-5-6-19(10-21)15-33)24-14-27(29(30,31)32)34-25(24)12-20/h3-12,14,18,34H,13,15-17,33H2,1-2H3. The number of benzene rings is 3. The van der Waals surface area contributed by atoms with Crippen LogP contribution in [-0.4, -0.2) is 30.8 Å². The molecule has 0 spiro atoms. The third-order valence-corrected chi connectivity index (χ3v) is 6.01. The van der Waals surface area contributed by atoms with E-state index in [0.29, 0.717) is 39.9 Å². The van der Waals surface area contributed by atoms with Crippen LogP contribution in [0.3, 0.4) is 0 Å². The summed E-state index contributed by atoms with van der Waals surface area (Å²) in [7, 11) is 1.53. The molecule has 4 aromatic rings. The molecule has 38 heavy (non-hydrogen) atoms. The molecule has 0 amide bonds. The van der Waals surface area contributed by atoms with Gasteiger partial charge in [-0.2, -0.15) is 13.2 Å². The number of halogens is 3. The average molecular weight is 527 g/mol. The summed E-state index contributed by atoms with van der Waals surface area (Å²) in [5.74, 6) is 0.0678. The van der Waals surface area contributed by atoms with Gasteiger partial charge in [-0.15, -0.1) is 0 Å². The Hall–Kier alpha value is -3.82. The number of methoxy groups -OCH3 is 1. The average Bonchev–Trinajstić information content (AvgIpc) is 3.33. The first-order valence-electron chi connectivity index (χ1n) is 12.1. The maximum atomic E-state index is 13.5. The number of alkyl halides is 3. The summed E-state index contributed by atoms with van der Waals surface area (Å²) < 4.78 is 56.9. The zero-order valence-electron chi connectivity index (χ0n) is 21.1. The number of nitrogens with one attached hydrogen (secondary N) is 1. The molecule has 1 heterocycles. The first-order chi connectivity index (χ1) is 18.2. The van der Waals surface area contributed by atoms with Gasteiger partial charge in [-0.3, -0.25) is 4.79 Å². The Kier molecular flexibility index (Phi) is 8.38. The first kappa shape index (κ1) is 27.2. The predicted molar refractivity (Wildman–Crippen MR) is 139 cm³/mol. The van der Waals surface area contributed by atoms with Crippen LogP contribution in [0.15, 0.2) is 66.7 Å². The topological polar surface area (TPSA) is 86.6 Å².